The molecule has 0 aromatic carbocycles. The van der Waals surface area contributed by atoms with Gasteiger partial charge in [0.25, 0.3) is 0 Å². The number of amides is 10. The molecular formula is C59H111N19O12. The standard InChI is InChI=1S/C59H111N19O12/c1-32(2)28-42(52(84)69-36(9)47(79)74-44(30-34(5)6)54(86)77-43(29-33(3)4)53(85)70-37(10)56(88)78-27-17-22-46(78)57(89)90)76-55(87)45(31-35(7)8)75-51(83)40(20-12-14-24-61)73-49(81)39(19-11-13-23-60)72-50(82)41(21-16-26-68-59(65)66)71-48(80)38(62)18-15-25-67-58(63)64/h32-46H,11-31,60-62H2,1-10H3,(H,69,84)(H,70,85)(H,71,80)(H,72,82)(H,73,81)(H,74,79)(H,75,83)(H,76,87)(H,77,86)(H,89,90)(H4,63,64,67)(H4,65,66,68)/t36-,37-,38-,39-,40-,41-,42-,43-,44-,45-,46-/m0/s1. The number of nitrogens with two attached hydrogens (primary N) is 7. The van der Waals surface area contributed by atoms with Crippen LogP contribution in [0, 0.1) is 23.7 Å². The third kappa shape index (κ3) is 31.9. The van der Waals surface area contributed by atoms with E-state index in [-0.39, 0.29) is 133 Å². The van der Waals surface area contributed by atoms with Gasteiger partial charge >= 0.3 is 5.97 Å². The first-order valence-electron chi connectivity index (χ1n) is 31.8. The number of guanidine groups is 2. The molecule has 31 nitrogen and oxygen atoms in total. The lowest BCUT2D eigenvalue weighted by Gasteiger charge is -2.29. The third-order valence-corrected chi connectivity index (χ3v) is 14.7. The number of rotatable bonds is 44. The summed E-state index contributed by atoms with van der Waals surface area (Å²) in [5.74, 6) is -9.09. The molecule has 0 radical (unpaired) electrons. The maximum atomic E-state index is 14.4. The van der Waals surface area contributed by atoms with Crippen molar-refractivity contribution in [1.82, 2.24) is 52.8 Å². The van der Waals surface area contributed by atoms with Crippen molar-refractivity contribution >= 4 is 77.0 Å². The molecule has 1 saturated heterocycles. The minimum Gasteiger partial charge on any atom is -0.480 e. The van der Waals surface area contributed by atoms with E-state index in [1.165, 1.54) is 18.7 Å². The Bertz CT molecular complexity index is 2380. The second-order valence-corrected chi connectivity index (χ2v) is 25.0. The molecule has 31 heteroatoms. The zero-order valence-corrected chi connectivity index (χ0v) is 54.8. The van der Waals surface area contributed by atoms with Gasteiger partial charge in [-0.25, -0.2) is 4.79 Å². The molecule has 0 saturated carbocycles. The molecule has 24 N–H and O–H groups in total. The van der Waals surface area contributed by atoms with Gasteiger partial charge in [0.15, 0.2) is 11.9 Å². The highest BCUT2D eigenvalue weighted by Gasteiger charge is 2.39. The Labute approximate surface area is 530 Å². The summed E-state index contributed by atoms with van der Waals surface area (Å²) in [6.07, 6.45) is 3.94. The normalized spacial score (nSPS) is 16.4. The number of carbonyl (C=O) groups is 11. The van der Waals surface area contributed by atoms with Crippen molar-refractivity contribution in [2.75, 3.05) is 32.7 Å². The highest BCUT2D eigenvalue weighted by atomic mass is 16.4. The summed E-state index contributed by atoms with van der Waals surface area (Å²) in [6.45, 7) is 18.6. The number of carboxylic acids is 1. The molecule has 1 rings (SSSR count). The van der Waals surface area contributed by atoms with Gasteiger partial charge in [-0.05, 0) is 153 Å². The van der Waals surface area contributed by atoms with E-state index in [2.05, 4.69) is 57.8 Å². The van der Waals surface area contributed by atoms with Crippen molar-refractivity contribution in [3.05, 3.63) is 0 Å². The van der Waals surface area contributed by atoms with Crippen LogP contribution in [0.5, 0.6) is 0 Å². The maximum Gasteiger partial charge on any atom is 0.326 e. The summed E-state index contributed by atoms with van der Waals surface area (Å²) in [5.41, 5.74) is 39.6. The summed E-state index contributed by atoms with van der Waals surface area (Å²) in [5, 5.41) is 34.1. The molecule has 1 heterocycles. The predicted octanol–water partition coefficient (Wildman–Crippen LogP) is -2.66. The van der Waals surface area contributed by atoms with Gasteiger partial charge < -0.3 is 98.0 Å². The van der Waals surface area contributed by atoms with E-state index in [1.807, 2.05) is 55.4 Å². The largest absolute Gasteiger partial charge is 0.480 e. The number of carbonyl (C=O) groups excluding carboxylic acids is 10. The quantitative estimate of drug-likeness (QED) is 0.0168. The lowest BCUT2D eigenvalue weighted by atomic mass is 9.99. The highest BCUT2D eigenvalue weighted by molar-refractivity contribution is 5.99. The van der Waals surface area contributed by atoms with Crippen LogP contribution in [-0.2, 0) is 52.7 Å². The summed E-state index contributed by atoms with van der Waals surface area (Å²) in [7, 11) is 0. The molecule has 1 fully saturated rings. The smallest absolute Gasteiger partial charge is 0.326 e. The number of likely N-dealkylation sites (tertiary alicyclic amines) is 1. The average molecular weight is 1280 g/mol. The number of aliphatic imine (C=N–C) groups is 2. The van der Waals surface area contributed by atoms with Crippen LogP contribution >= 0.6 is 0 Å². The minimum atomic E-state index is -1.26. The summed E-state index contributed by atoms with van der Waals surface area (Å²) < 4.78 is 0. The van der Waals surface area contributed by atoms with Crippen molar-refractivity contribution < 1.29 is 57.8 Å². The number of hydrogen-bond acceptors (Lipinski definition) is 16. The first-order chi connectivity index (χ1) is 42.2. The van der Waals surface area contributed by atoms with E-state index in [0.29, 0.717) is 38.5 Å². The predicted molar refractivity (Wildman–Crippen MR) is 343 cm³/mol. The molecule has 10 amide bonds. The van der Waals surface area contributed by atoms with Crippen LogP contribution in [0.1, 0.15) is 172 Å². The molecule has 514 valence electrons. The van der Waals surface area contributed by atoms with Gasteiger partial charge in [-0.3, -0.25) is 57.9 Å². The molecule has 0 bridgehead atoms. The Balaban J connectivity index is 3.43. The van der Waals surface area contributed by atoms with E-state index < -0.39 is 132 Å². The number of carboxylic acid groups (broad SMARTS) is 1. The number of unbranched alkanes of at least 4 members (excludes halogenated alkanes) is 2. The van der Waals surface area contributed by atoms with E-state index in [4.69, 9.17) is 40.1 Å². The zero-order chi connectivity index (χ0) is 68.4. The average Bonchev–Trinajstić information content (AvgIpc) is 2.15. The van der Waals surface area contributed by atoms with Gasteiger partial charge in [0.1, 0.15) is 60.4 Å². The monoisotopic (exact) mass is 1280 g/mol. The molecular weight excluding hydrogens is 1170 g/mol. The summed E-state index contributed by atoms with van der Waals surface area (Å²) in [6, 6.07) is -12.9. The van der Waals surface area contributed by atoms with E-state index in [9.17, 15) is 57.8 Å². The van der Waals surface area contributed by atoms with Gasteiger partial charge in [-0.2, -0.15) is 0 Å². The molecule has 0 aliphatic carbocycles. The summed E-state index contributed by atoms with van der Waals surface area (Å²) in [4.78, 5) is 161. The fraction of sp³-hybridized carbons (Fsp3) is 0.780. The number of nitrogens with one attached hydrogen (secondary N) is 9. The Morgan fingerprint density at radius 1 is 0.422 bits per heavy atom. The van der Waals surface area contributed by atoms with Crippen molar-refractivity contribution in [3.8, 4) is 0 Å². The lowest BCUT2D eigenvalue weighted by Crippen LogP contribution is -2.60. The lowest BCUT2D eigenvalue weighted by molar-refractivity contribution is -0.149. The Hall–Kier alpha value is -7.41. The Morgan fingerprint density at radius 3 is 1.09 bits per heavy atom. The first kappa shape index (κ1) is 80.6. The second kappa shape index (κ2) is 42.6. The summed E-state index contributed by atoms with van der Waals surface area (Å²) >= 11 is 0. The third-order valence-electron chi connectivity index (χ3n) is 14.7. The minimum absolute atomic E-state index is 0.0417. The van der Waals surface area contributed by atoms with Crippen LogP contribution in [0.15, 0.2) is 9.98 Å². The van der Waals surface area contributed by atoms with Crippen LogP contribution in [0.4, 0.5) is 0 Å². The Morgan fingerprint density at radius 2 is 0.733 bits per heavy atom. The van der Waals surface area contributed by atoms with Gasteiger partial charge in [-0.15, -0.1) is 0 Å². The zero-order valence-electron chi connectivity index (χ0n) is 54.8. The van der Waals surface area contributed by atoms with Crippen molar-refractivity contribution in [1.29, 1.82) is 0 Å². The Kier molecular flexibility index (Phi) is 38.1. The number of hydrogen-bond donors (Lipinski definition) is 17. The van der Waals surface area contributed by atoms with E-state index in [0.717, 1.165) is 0 Å². The molecule has 0 unspecified atom stereocenters. The molecule has 1 aliphatic heterocycles. The molecule has 0 spiro atoms. The van der Waals surface area contributed by atoms with Crippen LogP contribution < -0.4 is 88.0 Å². The molecule has 11 atom stereocenters. The highest BCUT2D eigenvalue weighted by Crippen LogP contribution is 2.19. The van der Waals surface area contributed by atoms with Gasteiger partial charge in [-0.1, -0.05) is 55.4 Å². The molecule has 0 aromatic heterocycles. The maximum absolute atomic E-state index is 14.4. The second-order valence-electron chi connectivity index (χ2n) is 25.0. The first-order valence-corrected chi connectivity index (χ1v) is 31.8. The number of aliphatic carboxylic acids is 1. The number of nitrogens with zero attached hydrogens (tertiary/aromatic N) is 3. The molecule has 1 aliphatic rings. The molecule has 90 heavy (non-hydrogen) atoms. The van der Waals surface area contributed by atoms with Crippen LogP contribution in [0.3, 0.4) is 0 Å². The topological polar surface area (TPSA) is 526 Å². The SMILES string of the molecule is CC(C)C[C@H](NC(=O)[C@H](C)NC(=O)[C@H](CC(C)C)NC(=O)[C@H](CC(C)C)NC(=O)[C@H](CCCCN)NC(=O)[C@H](CCCCN)NC(=O)[C@H](CCCN=C(N)N)NC(=O)[C@@H](N)CCCN=C(N)N)C(=O)N[C@@H](CC(C)C)C(=O)N[C@@H](C)C(=O)N1CCC[C@H]1C(=O)O. The van der Waals surface area contributed by atoms with E-state index in [1.54, 1.807) is 0 Å². The van der Waals surface area contributed by atoms with Crippen LogP contribution in [0.2, 0.25) is 0 Å². The van der Waals surface area contributed by atoms with E-state index >= 15 is 0 Å². The van der Waals surface area contributed by atoms with Crippen LogP contribution in [-0.4, -0.2) is 186 Å². The van der Waals surface area contributed by atoms with Crippen molar-refractivity contribution in [2.24, 2.45) is 73.8 Å². The van der Waals surface area contributed by atoms with Crippen molar-refractivity contribution in [3.63, 3.8) is 0 Å². The van der Waals surface area contributed by atoms with Crippen molar-refractivity contribution in [2.45, 2.75) is 238 Å². The van der Waals surface area contributed by atoms with Gasteiger partial charge in [0, 0.05) is 19.6 Å². The van der Waals surface area contributed by atoms with Gasteiger partial charge in [0.05, 0.1) is 6.04 Å². The fourth-order valence-corrected chi connectivity index (χ4v) is 9.99. The van der Waals surface area contributed by atoms with Crippen LogP contribution in [0.25, 0.3) is 0 Å². The van der Waals surface area contributed by atoms with Gasteiger partial charge in [0.2, 0.25) is 59.1 Å². The molecule has 0 aromatic rings. The fourth-order valence-electron chi connectivity index (χ4n) is 9.99.